The first-order valence-corrected chi connectivity index (χ1v) is 5.11. The number of amides is 1. The summed E-state index contributed by atoms with van der Waals surface area (Å²) in [6.45, 7) is 3.36. The van der Waals surface area contributed by atoms with E-state index >= 15 is 0 Å². The van der Waals surface area contributed by atoms with Crippen LogP contribution in [-0.4, -0.2) is 33.1 Å². The average molecular weight is 238 g/mol. The van der Waals surface area contributed by atoms with Crippen LogP contribution >= 0.6 is 0 Å². The number of hydrogen-bond acceptors (Lipinski definition) is 4. The van der Waals surface area contributed by atoms with Gasteiger partial charge in [0.25, 0.3) is 5.91 Å². The van der Waals surface area contributed by atoms with Crippen LogP contribution in [0.4, 0.5) is 0 Å². The monoisotopic (exact) mass is 238 g/mol. The second kappa shape index (κ2) is 5.29. The smallest absolute Gasteiger partial charge is 0.326 e. The number of carboxylic acid groups (broad SMARTS) is 1. The van der Waals surface area contributed by atoms with Crippen LogP contribution in [0, 0.1) is 5.92 Å². The molecule has 0 fully saturated rings. The Kier molecular flexibility index (Phi) is 4.03. The summed E-state index contributed by atoms with van der Waals surface area (Å²) in [7, 11) is 0. The number of hydrogen-bond donors (Lipinski definition) is 3. The molecular formula is C11H14N2O4. The van der Waals surface area contributed by atoms with Gasteiger partial charge >= 0.3 is 5.97 Å². The van der Waals surface area contributed by atoms with Crippen LogP contribution in [0.25, 0.3) is 0 Å². The zero-order valence-electron chi connectivity index (χ0n) is 9.54. The molecule has 0 saturated heterocycles. The highest BCUT2D eigenvalue weighted by atomic mass is 16.4. The van der Waals surface area contributed by atoms with Crippen LogP contribution < -0.4 is 5.32 Å². The zero-order valence-corrected chi connectivity index (χ0v) is 9.54. The van der Waals surface area contributed by atoms with Crippen molar-refractivity contribution in [2.45, 2.75) is 19.9 Å². The maximum Gasteiger partial charge on any atom is 0.326 e. The molecule has 0 aliphatic carbocycles. The normalized spacial score (nSPS) is 12.2. The Morgan fingerprint density at radius 1 is 1.41 bits per heavy atom. The van der Waals surface area contributed by atoms with E-state index in [2.05, 4.69) is 10.3 Å². The lowest BCUT2D eigenvalue weighted by atomic mass is 10.0. The summed E-state index contributed by atoms with van der Waals surface area (Å²) >= 11 is 0. The number of nitrogens with zero attached hydrogens (tertiary/aromatic N) is 1. The summed E-state index contributed by atoms with van der Waals surface area (Å²) in [6, 6.07) is 1.78. The number of aromatic nitrogens is 1. The third kappa shape index (κ3) is 3.17. The highest BCUT2D eigenvalue weighted by molar-refractivity contribution is 5.97. The van der Waals surface area contributed by atoms with Crippen molar-refractivity contribution in [2.24, 2.45) is 5.92 Å². The standard InChI is InChI=1S/C11H14N2O4/c1-6(2)8(11(16)17)13-10(15)9-7(14)4-3-5-12-9/h3-6,8,14H,1-2H3,(H,13,15)(H,16,17). The van der Waals surface area contributed by atoms with E-state index in [0.29, 0.717) is 0 Å². The molecule has 0 aliphatic heterocycles. The van der Waals surface area contributed by atoms with E-state index in [-0.39, 0.29) is 17.4 Å². The third-order valence-electron chi connectivity index (χ3n) is 2.22. The Labute approximate surface area is 98.3 Å². The molecule has 0 aliphatic rings. The first-order chi connectivity index (χ1) is 7.93. The second-order valence-electron chi connectivity index (χ2n) is 3.90. The van der Waals surface area contributed by atoms with E-state index in [4.69, 9.17) is 5.11 Å². The van der Waals surface area contributed by atoms with Gasteiger partial charge in [0, 0.05) is 6.20 Å². The Balaban J connectivity index is 2.85. The fourth-order valence-corrected chi connectivity index (χ4v) is 1.29. The molecule has 1 unspecified atom stereocenters. The predicted molar refractivity (Wildman–Crippen MR) is 59.6 cm³/mol. The maximum atomic E-state index is 11.7. The Bertz CT molecular complexity index is 431. The highest BCUT2D eigenvalue weighted by Gasteiger charge is 2.25. The average Bonchev–Trinajstić information content (AvgIpc) is 2.25. The number of pyridine rings is 1. The minimum Gasteiger partial charge on any atom is -0.505 e. The van der Waals surface area contributed by atoms with Crippen LogP contribution in [0.1, 0.15) is 24.3 Å². The largest absolute Gasteiger partial charge is 0.505 e. The van der Waals surface area contributed by atoms with Crippen molar-refractivity contribution in [1.29, 1.82) is 0 Å². The van der Waals surface area contributed by atoms with Gasteiger partial charge in [0.05, 0.1) is 0 Å². The Morgan fingerprint density at radius 3 is 2.53 bits per heavy atom. The van der Waals surface area contributed by atoms with Gasteiger partial charge in [-0.2, -0.15) is 0 Å². The van der Waals surface area contributed by atoms with Gasteiger partial charge in [0.1, 0.15) is 11.8 Å². The van der Waals surface area contributed by atoms with Crippen LogP contribution in [-0.2, 0) is 4.79 Å². The molecule has 1 atom stereocenters. The molecule has 6 heteroatoms. The van der Waals surface area contributed by atoms with Crippen molar-refractivity contribution < 1.29 is 19.8 Å². The summed E-state index contributed by atoms with van der Waals surface area (Å²) in [4.78, 5) is 26.3. The van der Waals surface area contributed by atoms with Crippen molar-refractivity contribution in [3.05, 3.63) is 24.0 Å². The fourth-order valence-electron chi connectivity index (χ4n) is 1.29. The quantitative estimate of drug-likeness (QED) is 0.714. The third-order valence-corrected chi connectivity index (χ3v) is 2.22. The number of carboxylic acids is 1. The summed E-state index contributed by atoms with van der Waals surface area (Å²) in [5, 5.41) is 20.6. The van der Waals surface area contributed by atoms with E-state index < -0.39 is 17.9 Å². The molecule has 0 radical (unpaired) electrons. The minimum atomic E-state index is -1.12. The number of aromatic hydroxyl groups is 1. The van der Waals surface area contributed by atoms with Gasteiger partial charge in [0.15, 0.2) is 5.69 Å². The van der Waals surface area contributed by atoms with Crippen LogP contribution in [0.5, 0.6) is 5.75 Å². The van der Waals surface area contributed by atoms with Gasteiger partial charge in [0.2, 0.25) is 0 Å². The molecule has 17 heavy (non-hydrogen) atoms. The molecule has 92 valence electrons. The van der Waals surface area contributed by atoms with Gasteiger partial charge in [-0.3, -0.25) is 4.79 Å². The summed E-state index contributed by atoms with van der Waals surface area (Å²) in [5.74, 6) is -2.37. The van der Waals surface area contributed by atoms with E-state index in [1.165, 1.54) is 18.3 Å². The Hall–Kier alpha value is -2.11. The number of rotatable bonds is 4. The summed E-state index contributed by atoms with van der Waals surface area (Å²) < 4.78 is 0. The maximum absolute atomic E-state index is 11.7. The number of carbonyl (C=O) groups excluding carboxylic acids is 1. The summed E-state index contributed by atoms with van der Waals surface area (Å²) in [5.41, 5.74) is -0.181. The molecule has 0 aromatic carbocycles. The van der Waals surface area contributed by atoms with Gasteiger partial charge in [-0.25, -0.2) is 9.78 Å². The summed E-state index contributed by atoms with van der Waals surface area (Å²) in [6.07, 6.45) is 1.35. The van der Waals surface area contributed by atoms with Crippen molar-refractivity contribution in [1.82, 2.24) is 10.3 Å². The SMILES string of the molecule is CC(C)C(NC(=O)c1ncccc1O)C(=O)O. The first kappa shape index (κ1) is 13.0. The van der Waals surface area contributed by atoms with Gasteiger partial charge in [-0.05, 0) is 18.1 Å². The number of carbonyl (C=O) groups is 2. The van der Waals surface area contributed by atoms with Crippen LogP contribution in [0.2, 0.25) is 0 Å². The molecule has 1 aromatic rings. The van der Waals surface area contributed by atoms with E-state index in [9.17, 15) is 14.7 Å². The van der Waals surface area contributed by atoms with Crippen LogP contribution in [0.3, 0.4) is 0 Å². The van der Waals surface area contributed by atoms with Crippen molar-refractivity contribution in [2.75, 3.05) is 0 Å². The molecule has 0 saturated carbocycles. The van der Waals surface area contributed by atoms with E-state index in [1.807, 2.05) is 0 Å². The molecule has 1 heterocycles. The molecule has 1 aromatic heterocycles. The molecule has 1 rings (SSSR count). The molecule has 0 bridgehead atoms. The predicted octanol–water partition coefficient (Wildman–Crippen LogP) is 0.626. The molecule has 1 amide bonds. The lowest BCUT2D eigenvalue weighted by molar-refractivity contribution is -0.140. The van der Waals surface area contributed by atoms with E-state index in [0.717, 1.165) is 0 Å². The topological polar surface area (TPSA) is 99.5 Å². The Morgan fingerprint density at radius 2 is 2.06 bits per heavy atom. The second-order valence-corrected chi connectivity index (χ2v) is 3.90. The molecule has 0 spiro atoms. The fraction of sp³-hybridized carbons (Fsp3) is 0.364. The highest BCUT2D eigenvalue weighted by Crippen LogP contribution is 2.13. The number of aliphatic carboxylic acids is 1. The molecular weight excluding hydrogens is 224 g/mol. The van der Waals surface area contributed by atoms with Gasteiger partial charge < -0.3 is 15.5 Å². The van der Waals surface area contributed by atoms with Gasteiger partial charge in [-0.15, -0.1) is 0 Å². The van der Waals surface area contributed by atoms with Gasteiger partial charge in [-0.1, -0.05) is 13.8 Å². The minimum absolute atomic E-state index is 0.181. The lowest BCUT2D eigenvalue weighted by Crippen LogP contribution is -2.44. The van der Waals surface area contributed by atoms with Crippen molar-refractivity contribution in [3.8, 4) is 5.75 Å². The molecule has 3 N–H and O–H groups in total. The van der Waals surface area contributed by atoms with Crippen LogP contribution in [0.15, 0.2) is 18.3 Å². The lowest BCUT2D eigenvalue weighted by Gasteiger charge is -2.17. The van der Waals surface area contributed by atoms with E-state index in [1.54, 1.807) is 13.8 Å². The number of nitrogens with one attached hydrogen (secondary N) is 1. The zero-order chi connectivity index (χ0) is 13.0. The first-order valence-electron chi connectivity index (χ1n) is 5.11. The van der Waals surface area contributed by atoms with Crippen molar-refractivity contribution in [3.63, 3.8) is 0 Å². The molecule has 6 nitrogen and oxygen atoms in total. The van der Waals surface area contributed by atoms with Crippen molar-refractivity contribution >= 4 is 11.9 Å².